The van der Waals surface area contributed by atoms with Crippen LogP contribution in [0.15, 0.2) is 18.2 Å². The van der Waals surface area contributed by atoms with Crippen LogP contribution in [0, 0.1) is 17.0 Å². The van der Waals surface area contributed by atoms with Crippen LogP contribution in [0.1, 0.15) is 12.0 Å². The number of thioether (sulfide) groups is 1. The molecule has 21 heavy (non-hydrogen) atoms. The molecule has 7 nitrogen and oxygen atoms in total. The monoisotopic (exact) mass is 309 g/mol. The van der Waals surface area contributed by atoms with Crippen LogP contribution in [0.25, 0.3) is 0 Å². The Morgan fingerprint density at radius 1 is 1.57 bits per heavy atom. The van der Waals surface area contributed by atoms with Gasteiger partial charge in [0.15, 0.2) is 0 Å². The second kappa shape index (κ2) is 6.57. The molecule has 2 amide bonds. The lowest BCUT2D eigenvalue weighted by Crippen LogP contribution is -2.40. The molecule has 1 aromatic carbocycles. The maximum absolute atomic E-state index is 12.0. The van der Waals surface area contributed by atoms with Crippen molar-refractivity contribution in [1.29, 1.82) is 0 Å². The van der Waals surface area contributed by atoms with Crippen molar-refractivity contribution in [2.45, 2.75) is 18.6 Å². The molecule has 1 aliphatic rings. The van der Waals surface area contributed by atoms with E-state index >= 15 is 0 Å². The predicted octanol–water partition coefficient (Wildman–Crippen LogP) is 1.46. The fourth-order valence-corrected chi connectivity index (χ4v) is 3.00. The van der Waals surface area contributed by atoms with Crippen molar-refractivity contribution in [1.82, 2.24) is 5.32 Å². The summed E-state index contributed by atoms with van der Waals surface area (Å²) in [4.78, 5) is 33.7. The Kier molecular flexibility index (Phi) is 4.79. The first kappa shape index (κ1) is 15.3. The maximum atomic E-state index is 12.0. The van der Waals surface area contributed by atoms with Gasteiger partial charge >= 0.3 is 0 Å². The van der Waals surface area contributed by atoms with E-state index in [4.69, 9.17) is 0 Å². The number of anilines is 1. The Hall–Kier alpha value is -2.09. The average Bonchev–Trinajstić information content (AvgIpc) is 2.43. The Bertz CT molecular complexity index is 591. The summed E-state index contributed by atoms with van der Waals surface area (Å²) in [7, 11) is 0. The van der Waals surface area contributed by atoms with Crippen molar-refractivity contribution in [2.24, 2.45) is 0 Å². The van der Waals surface area contributed by atoms with Gasteiger partial charge in [-0.3, -0.25) is 19.7 Å². The summed E-state index contributed by atoms with van der Waals surface area (Å²) in [6.07, 6.45) is 0.0902. The number of benzene rings is 1. The first-order chi connectivity index (χ1) is 9.97. The average molecular weight is 309 g/mol. The molecule has 112 valence electrons. The van der Waals surface area contributed by atoms with Crippen molar-refractivity contribution in [2.75, 3.05) is 17.6 Å². The molecule has 1 aromatic rings. The number of carbonyl (C=O) groups is 2. The van der Waals surface area contributed by atoms with Crippen molar-refractivity contribution in [3.05, 3.63) is 33.9 Å². The Balaban J connectivity index is 1.99. The largest absolute Gasteiger partial charge is 0.354 e. The summed E-state index contributed by atoms with van der Waals surface area (Å²) >= 11 is 1.46. The number of nitrogens with one attached hydrogen (secondary N) is 2. The highest BCUT2D eigenvalue weighted by Gasteiger charge is 2.25. The molecule has 1 heterocycles. The molecule has 1 atom stereocenters. The normalized spacial score (nSPS) is 18.0. The highest BCUT2D eigenvalue weighted by molar-refractivity contribution is 8.00. The third-order valence-corrected chi connectivity index (χ3v) is 4.30. The highest BCUT2D eigenvalue weighted by Crippen LogP contribution is 2.23. The van der Waals surface area contributed by atoms with Gasteiger partial charge in [-0.05, 0) is 18.6 Å². The number of non-ortho nitro benzene ring substituents is 1. The fraction of sp³-hybridized carbons (Fsp3) is 0.385. The van der Waals surface area contributed by atoms with Crippen molar-refractivity contribution in [3.63, 3.8) is 0 Å². The number of nitrogens with zero attached hydrogens (tertiary/aromatic N) is 1. The van der Waals surface area contributed by atoms with E-state index in [-0.39, 0.29) is 29.2 Å². The van der Waals surface area contributed by atoms with E-state index in [2.05, 4.69) is 10.6 Å². The second-order valence-corrected chi connectivity index (χ2v) is 5.97. The molecule has 0 aliphatic carbocycles. The van der Waals surface area contributed by atoms with Gasteiger partial charge in [0.25, 0.3) is 5.69 Å². The van der Waals surface area contributed by atoms with Gasteiger partial charge in [0.05, 0.1) is 10.2 Å². The molecule has 1 fully saturated rings. The van der Waals surface area contributed by atoms with Crippen molar-refractivity contribution >= 4 is 35.0 Å². The van der Waals surface area contributed by atoms with Gasteiger partial charge in [-0.2, -0.15) is 0 Å². The Morgan fingerprint density at radius 3 is 2.95 bits per heavy atom. The lowest BCUT2D eigenvalue weighted by atomic mass is 10.1. The zero-order valence-electron chi connectivity index (χ0n) is 11.4. The molecular formula is C13H15N3O4S. The van der Waals surface area contributed by atoms with Gasteiger partial charge in [-0.1, -0.05) is 0 Å². The third kappa shape index (κ3) is 3.94. The number of hydrogen-bond acceptors (Lipinski definition) is 5. The molecule has 0 unspecified atom stereocenters. The van der Waals surface area contributed by atoms with E-state index < -0.39 is 4.92 Å². The van der Waals surface area contributed by atoms with Crippen LogP contribution < -0.4 is 10.6 Å². The minimum Gasteiger partial charge on any atom is -0.354 e. The van der Waals surface area contributed by atoms with Crippen LogP contribution >= 0.6 is 11.8 Å². The SMILES string of the molecule is Cc1cc([N+](=O)[O-])ccc1NC(=O)C[C@@H]1SCCNC1=O. The van der Waals surface area contributed by atoms with Crippen LogP contribution in [0.4, 0.5) is 11.4 Å². The first-order valence-corrected chi connectivity index (χ1v) is 7.46. The summed E-state index contributed by atoms with van der Waals surface area (Å²) in [6.45, 7) is 2.31. The summed E-state index contributed by atoms with van der Waals surface area (Å²) in [5, 5.41) is 15.7. The molecule has 1 aliphatic heterocycles. The minimum atomic E-state index is -0.485. The first-order valence-electron chi connectivity index (χ1n) is 6.41. The van der Waals surface area contributed by atoms with Gasteiger partial charge in [-0.25, -0.2) is 0 Å². The van der Waals surface area contributed by atoms with Crippen LogP contribution in [0.5, 0.6) is 0 Å². The molecular weight excluding hydrogens is 294 g/mol. The molecule has 8 heteroatoms. The van der Waals surface area contributed by atoms with Gasteiger partial charge < -0.3 is 10.6 Å². The molecule has 0 bridgehead atoms. The molecule has 2 N–H and O–H groups in total. The standard InChI is InChI=1S/C13H15N3O4S/c1-8-6-9(16(19)20)2-3-10(8)15-12(17)7-11-13(18)14-4-5-21-11/h2-3,6,11H,4-5,7H2,1H3,(H,14,18)(H,15,17)/t11-/m0/s1. The van der Waals surface area contributed by atoms with Crippen LogP contribution in [0.3, 0.4) is 0 Å². The molecule has 0 spiro atoms. The highest BCUT2D eigenvalue weighted by atomic mass is 32.2. The van der Waals surface area contributed by atoms with Crippen LogP contribution in [-0.2, 0) is 9.59 Å². The number of hydrogen-bond donors (Lipinski definition) is 2. The summed E-state index contributed by atoms with van der Waals surface area (Å²) in [5.41, 5.74) is 1.11. The Labute approximate surface area is 125 Å². The third-order valence-electron chi connectivity index (χ3n) is 3.08. The van der Waals surface area contributed by atoms with E-state index in [0.29, 0.717) is 17.8 Å². The smallest absolute Gasteiger partial charge is 0.269 e. The number of aryl methyl sites for hydroxylation is 1. The molecule has 0 radical (unpaired) electrons. The number of nitro groups is 1. The van der Waals surface area contributed by atoms with Crippen LogP contribution in [-0.4, -0.2) is 34.3 Å². The predicted molar refractivity (Wildman–Crippen MR) is 80.3 cm³/mol. The summed E-state index contributed by atoms with van der Waals surface area (Å²) in [6, 6.07) is 4.24. The van der Waals surface area contributed by atoms with Crippen molar-refractivity contribution in [3.8, 4) is 0 Å². The fourth-order valence-electron chi connectivity index (χ4n) is 1.99. The Morgan fingerprint density at radius 2 is 2.33 bits per heavy atom. The minimum absolute atomic E-state index is 0.0206. The lowest BCUT2D eigenvalue weighted by molar-refractivity contribution is -0.384. The molecule has 0 aromatic heterocycles. The van der Waals surface area contributed by atoms with Gasteiger partial charge in [0.2, 0.25) is 11.8 Å². The zero-order valence-corrected chi connectivity index (χ0v) is 12.2. The van der Waals surface area contributed by atoms with E-state index in [9.17, 15) is 19.7 Å². The molecule has 0 saturated carbocycles. The zero-order chi connectivity index (χ0) is 15.4. The molecule has 1 saturated heterocycles. The van der Waals surface area contributed by atoms with Gasteiger partial charge in [-0.15, -0.1) is 11.8 Å². The second-order valence-electron chi connectivity index (χ2n) is 4.66. The van der Waals surface area contributed by atoms with E-state index in [0.717, 1.165) is 5.75 Å². The number of nitro benzene ring substituents is 1. The maximum Gasteiger partial charge on any atom is 0.269 e. The number of rotatable bonds is 4. The lowest BCUT2D eigenvalue weighted by Gasteiger charge is -2.21. The van der Waals surface area contributed by atoms with Gasteiger partial charge in [0.1, 0.15) is 0 Å². The quantitative estimate of drug-likeness (QED) is 0.647. The van der Waals surface area contributed by atoms with E-state index in [1.165, 1.54) is 30.0 Å². The number of carbonyl (C=O) groups excluding carboxylic acids is 2. The van der Waals surface area contributed by atoms with E-state index in [1.54, 1.807) is 6.92 Å². The van der Waals surface area contributed by atoms with Crippen LogP contribution in [0.2, 0.25) is 0 Å². The van der Waals surface area contributed by atoms with Crippen molar-refractivity contribution < 1.29 is 14.5 Å². The number of amides is 2. The molecule has 2 rings (SSSR count). The summed E-state index contributed by atoms with van der Waals surface area (Å²) < 4.78 is 0. The topological polar surface area (TPSA) is 101 Å². The van der Waals surface area contributed by atoms with E-state index in [1.807, 2.05) is 0 Å². The van der Waals surface area contributed by atoms with Gasteiger partial charge in [0, 0.05) is 36.5 Å². The summed E-state index contributed by atoms with van der Waals surface area (Å²) in [5.74, 6) is 0.392.